The fourth-order valence-electron chi connectivity index (χ4n) is 2.76. The molecular weight excluding hydrogens is 252 g/mol. The van der Waals surface area contributed by atoms with Crippen LogP contribution >= 0.6 is 0 Å². The minimum absolute atomic E-state index is 0.244. The number of primary amides is 1. The van der Waals surface area contributed by atoms with Crippen molar-refractivity contribution < 1.29 is 4.79 Å². The lowest BCUT2D eigenvalue weighted by Gasteiger charge is -2.26. The highest BCUT2D eigenvalue weighted by Gasteiger charge is 2.17. The van der Waals surface area contributed by atoms with E-state index in [1.807, 2.05) is 0 Å². The molecule has 20 heavy (non-hydrogen) atoms. The number of nitrogens with one attached hydrogen (secondary N) is 1. The number of nitrogens with zero attached hydrogens (tertiary/aromatic N) is 1. The summed E-state index contributed by atoms with van der Waals surface area (Å²) in [5.41, 5.74) is 11.9. The van der Waals surface area contributed by atoms with Gasteiger partial charge in [0.15, 0.2) is 0 Å². The predicted octanol–water partition coefficient (Wildman–Crippen LogP) is 2.39. The molecule has 1 amide bonds. The first-order valence-corrected chi connectivity index (χ1v) is 7.36. The van der Waals surface area contributed by atoms with Crippen LogP contribution in [0.4, 0.5) is 11.5 Å². The molecule has 1 heterocycles. The maximum atomic E-state index is 11.1. The van der Waals surface area contributed by atoms with Crippen LogP contribution < -0.4 is 16.8 Å². The second kappa shape index (κ2) is 6.59. The Balaban J connectivity index is 1.84. The van der Waals surface area contributed by atoms with Gasteiger partial charge in [0.2, 0.25) is 0 Å². The molecule has 0 unspecified atom stereocenters. The maximum absolute atomic E-state index is 11.1. The van der Waals surface area contributed by atoms with Crippen LogP contribution in [0, 0.1) is 11.8 Å². The zero-order valence-corrected chi connectivity index (χ0v) is 12.1. The molecule has 2 rings (SSSR count). The van der Waals surface area contributed by atoms with Gasteiger partial charge in [-0.2, -0.15) is 0 Å². The highest BCUT2D eigenvalue weighted by molar-refractivity contribution is 5.91. The lowest BCUT2D eigenvalue weighted by Crippen LogP contribution is -2.18. The summed E-state index contributed by atoms with van der Waals surface area (Å²) in [6.07, 6.45) is 6.42. The molecule has 0 bridgehead atoms. The fraction of sp³-hybridized carbons (Fsp3) is 0.600. The highest BCUT2D eigenvalue weighted by atomic mass is 16.1. The van der Waals surface area contributed by atoms with Crippen molar-refractivity contribution in [3.05, 3.63) is 17.8 Å². The van der Waals surface area contributed by atoms with Gasteiger partial charge in [-0.15, -0.1) is 0 Å². The number of aromatic nitrogens is 1. The Labute approximate surface area is 120 Å². The van der Waals surface area contributed by atoms with Gasteiger partial charge in [-0.3, -0.25) is 4.79 Å². The van der Waals surface area contributed by atoms with Crippen molar-refractivity contribution in [3.8, 4) is 0 Å². The Bertz CT molecular complexity index is 467. The van der Waals surface area contributed by atoms with Crippen molar-refractivity contribution in [2.24, 2.45) is 17.6 Å². The van der Waals surface area contributed by atoms with Crippen LogP contribution in [0.1, 0.15) is 49.5 Å². The van der Waals surface area contributed by atoms with Gasteiger partial charge in [0.05, 0.1) is 5.69 Å². The summed E-state index contributed by atoms with van der Waals surface area (Å²) in [5.74, 6) is 1.70. The van der Waals surface area contributed by atoms with Gasteiger partial charge < -0.3 is 16.8 Å². The number of anilines is 2. The molecule has 0 radical (unpaired) electrons. The lowest BCUT2D eigenvalue weighted by atomic mass is 9.81. The quantitative estimate of drug-likeness (QED) is 0.769. The summed E-state index contributed by atoms with van der Waals surface area (Å²) < 4.78 is 0. The smallest absolute Gasteiger partial charge is 0.267 e. The fourth-order valence-corrected chi connectivity index (χ4v) is 2.76. The van der Waals surface area contributed by atoms with Gasteiger partial charge in [0.1, 0.15) is 11.5 Å². The summed E-state index contributed by atoms with van der Waals surface area (Å²) in [6.45, 7) is 3.16. The molecule has 1 aliphatic carbocycles. The van der Waals surface area contributed by atoms with Gasteiger partial charge in [0.25, 0.3) is 5.91 Å². The molecule has 0 atom stereocenters. The molecule has 0 aliphatic heterocycles. The summed E-state index contributed by atoms with van der Waals surface area (Å²) in [4.78, 5) is 15.3. The van der Waals surface area contributed by atoms with Crippen LogP contribution in [-0.4, -0.2) is 17.4 Å². The predicted molar refractivity (Wildman–Crippen MR) is 81.4 cm³/mol. The first kappa shape index (κ1) is 14.6. The van der Waals surface area contributed by atoms with E-state index in [9.17, 15) is 4.79 Å². The van der Waals surface area contributed by atoms with E-state index in [-0.39, 0.29) is 5.69 Å². The molecule has 0 aromatic carbocycles. The first-order chi connectivity index (χ1) is 9.56. The number of amides is 1. The normalized spacial score (nSPS) is 22.4. The SMILES string of the molecule is CC1CCC(CCNc2nc(C(N)=O)ccc2N)CC1. The van der Waals surface area contributed by atoms with Gasteiger partial charge in [0, 0.05) is 6.54 Å². The van der Waals surface area contributed by atoms with Crippen LogP contribution in [0.3, 0.4) is 0 Å². The lowest BCUT2D eigenvalue weighted by molar-refractivity contribution is 0.0996. The van der Waals surface area contributed by atoms with E-state index in [4.69, 9.17) is 11.5 Å². The third kappa shape index (κ3) is 3.85. The number of pyridine rings is 1. The number of hydrogen-bond donors (Lipinski definition) is 3. The molecule has 5 N–H and O–H groups in total. The second-order valence-corrected chi connectivity index (χ2v) is 5.84. The number of hydrogen-bond acceptors (Lipinski definition) is 4. The molecule has 1 aliphatic rings. The highest BCUT2D eigenvalue weighted by Crippen LogP contribution is 2.30. The zero-order chi connectivity index (χ0) is 14.5. The van der Waals surface area contributed by atoms with Crippen LogP contribution in [0.2, 0.25) is 0 Å². The Morgan fingerprint density at radius 3 is 2.70 bits per heavy atom. The molecule has 1 aromatic rings. The zero-order valence-electron chi connectivity index (χ0n) is 12.1. The molecule has 110 valence electrons. The Morgan fingerprint density at radius 2 is 2.05 bits per heavy atom. The summed E-state index contributed by atoms with van der Waals surface area (Å²) in [6, 6.07) is 3.21. The van der Waals surface area contributed by atoms with Crippen LogP contribution in [0.25, 0.3) is 0 Å². The Hall–Kier alpha value is -1.78. The van der Waals surface area contributed by atoms with E-state index < -0.39 is 5.91 Å². The topological polar surface area (TPSA) is 94.0 Å². The van der Waals surface area contributed by atoms with E-state index in [1.54, 1.807) is 12.1 Å². The van der Waals surface area contributed by atoms with E-state index in [1.165, 1.54) is 25.7 Å². The van der Waals surface area contributed by atoms with E-state index in [2.05, 4.69) is 17.2 Å². The average Bonchev–Trinajstić information content (AvgIpc) is 2.43. The average molecular weight is 276 g/mol. The molecule has 1 fully saturated rings. The summed E-state index contributed by atoms with van der Waals surface area (Å²) in [7, 11) is 0. The van der Waals surface area contributed by atoms with Gasteiger partial charge in [-0.1, -0.05) is 32.6 Å². The number of rotatable bonds is 5. The van der Waals surface area contributed by atoms with Crippen molar-refractivity contribution in [1.29, 1.82) is 0 Å². The van der Waals surface area contributed by atoms with E-state index in [0.717, 1.165) is 24.8 Å². The standard InChI is InChI=1S/C15H24N4O/c1-10-2-4-11(5-3-10)8-9-18-15-12(16)6-7-13(19-15)14(17)20/h6-7,10-11H,2-5,8-9,16H2,1H3,(H2,17,20)(H,18,19). The van der Waals surface area contributed by atoms with E-state index in [0.29, 0.717) is 11.5 Å². The number of nitrogens with two attached hydrogens (primary N) is 2. The van der Waals surface area contributed by atoms with Crippen molar-refractivity contribution in [3.63, 3.8) is 0 Å². The Morgan fingerprint density at radius 1 is 1.35 bits per heavy atom. The third-order valence-electron chi connectivity index (χ3n) is 4.16. The molecule has 1 saturated carbocycles. The van der Waals surface area contributed by atoms with Gasteiger partial charge in [-0.05, 0) is 30.4 Å². The summed E-state index contributed by atoms with van der Waals surface area (Å²) >= 11 is 0. The first-order valence-electron chi connectivity index (χ1n) is 7.36. The molecule has 1 aromatic heterocycles. The van der Waals surface area contributed by atoms with Crippen molar-refractivity contribution in [2.45, 2.75) is 39.0 Å². The number of carbonyl (C=O) groups excluding carboxylic acids is 1. The molecule has 0 saturated heterocycles. The van der Waals surface area contributed by atoms with Crippen molar-refractivity contribution in [1.82, 2.24) is 4.98 Å². The molecule has 5 heteroatoms. The molecular formula is C15H24N4O. The second-order valence-electron chi connectivity index (χ2n) is 5.84. The minimum atomic E-state index is -0.533. The van der Waals surface area contributed by atoms with Gasteiger partial charge in [-0.25, -0.2) is 4.98 Å². The number of carbonyl (C=O) groups is 1. The van der Waals surface area contributed by atoms with Crippen molar-refractivity contribution in [2.75, 3.05) is 17.6 Å². The van der Waals surface area contributed by atoms with E-state index >= 15 is 0 Å². The van der Waals surface area contributed by atoms with Crippen LogP contribution in [0.5, 0.6) is 0 Å². The van der Waals surface area contributed by atoms with Crippen LogP contribution in [-0.2, 0) is 0 Å². The van der Waals surface area contributed by atoms with Gasteiger partial charge >= 0.3 is 0 Å². The molecule has 0 spiro atoms. The number of nitrogen functional groups attached to an aromatic ring is 1. The third-order valence-corrected chi connectivity index (χ3v) is 4.16. The Kier molecular flexibility index (Phi) is 4.82. The van der Waals surface area contributed by atoms with Crippen molar-refractivity contribution >= 4 is 17.4 Å². The monoisotopic (exact) mass is 276 g/mol. The maximum Gasteiger partial charge on any atom is 0.267 e. The summed E-state index contributed by atoms with van der Waals surface area (Å²) in [5, 5.41) is 3.22. The van der Waals surface area contributed by atoms with Crippen LogP contribution in [0.15, 0.2) is 12.1 Å². The minimum Gasteiger partial charge on any atom is -0.396 e. The molecule has 5 nitrogen and oxygen atoms in total. The largest absolute Gasteiger partial charge is 0.396 e.